The molecule has 3 heteroatoms. The van der Waals surface area contributed by atoms with E-state index < -0.39 is 0 Å². The molecule has 1 aliphatic heterocycles. The molecule has 0 aliphatic carbocycles. The van der Waals surface area contributed by atoms with Gasteiger partial charge in [-0.3, -0.25) is 4.79 Å². The average molecular weight is 329 g/mol. The summed E-state index contributed by atoms with van der Waals surface area (Å²) in [5.41, 5.74) is 1.37. The summed E-state index contributed by atoms with van der Waals surface area (Å²) >= 11 is 0. The molecule has 0 radical (unpaired) electrons. The molecule has 0 N–H and O–H groups in total. The summed E-state index contributed by atoms with van der Waals surface area (Å²) in [5.74, 6) is 1.06. The van der Waals surface area contributed by atoms with Crippen molar-refractivity contribution in [2.24, 2.45) is 11.8 Å². The van der Waals surface area contributed by atoms with Crippen LogP contribution in [0, 0.1) is 11.8 Å². The molecule has 24 heavy (non-hydrogen) atoms. The van der Waals surface area contributed by atoms with Crippen molar-refractivity contribution in [2.45, 2.75) is 64.8 Å². The number of aldehydes is 1. The van der Waals surface area contributed by atoms with E-state index in [9.17, 15) is 9.59 Å². The summed E-state index contributed by atoms with van der Waals surface area (Å²) in [6.07, 6.45) is 5.77. The van der Waals surface area contributed by atoms with Gasteiger partial charge in [-0.1, -0.05) is 57.5 Å². The Labute approximate surface area is 146 Å². The van der Waals surface area contributed by atoms with Crippen molar-refractivity contribution >= 4 is 12.2 Å². The molecule has 132 valence electrons. The van der Waals surface area contributed by atoms with Gasteiger partial charge in [-0.15, -0.1) is 0 Å². The van der Waals surface area contributed by atoms with E-state index in [1.807, 2.05) is 11.0 Å². The fourth-order valence-corrected chi connectivity index (χ4v) is 3.75. The molecule has 1 saturated heterocycles. The van der Waals surface area contributed by atoms with E-state index in [1.54, 1.807) is 0 Å². The molecule has 1 aliphatic rings. The standard InChI is InChI=1S/C21H31NO2/c1-16(2)20(21(24)22-14-8-12-19(22)15-23)13-7-9-17(3)18-10-5-4-6-11-18/h4-6,10-11,15-17,19-20H,7-9,12-14H2,1-3H3/t17?,19-,20?/m0/s1. The predicted molar refractivity (Wildman–Crippen MR) is 97.8 cm³/mol. The second-order valence-electron chi connectivity index (χ2n) is 7.47. The fourth-order valence-electron chi connectivity index (χ4n) is 3.75. The van der Waals surface area contributed by atoms with Crippen LogP contribution in [0.5, 0.6) is 0 Å². The summed E-state index contributed by atoms with van der Waals surface area (Å²) in [5, 5.41) is 0. The number of likely N-dealkylation sites (tertiary alicyclic amines) is 1. The normalized spacial score (nSPS) is 20.2. The van der Waals surface area contributed by atoms with Crippen LogP contribution in [-0.2, 0) is 9.59 Å². The third-order valence-electron chi connectivity index (χ3n) is 5.38. The molecule has 0 saturated carbocycles. The maximum Gasteiger partial charge on any atom is 0.226 e. The minimum atomic E-state index is -0.193. The summed E-state index contributed by atoms with van der Waals surface area (Å²) < 4.78 is 0. The van der Waals surface area contributed by atoms with Gasteiger partial charge in [0.2, 0.25) is 5.91 Å². The molecule has 2 unspecified atom stereocenters. The van der Waals surface area contributed by atoms with Gasteiger partial charge in [-0.25, -0.2) is 0 Å². The summed E-state index contributed by atoms with van der Waals surface area (Å²) in [7, 11) is 0. The Balaban J connectivity index is 1.89. The third-order valence-corrected chi connectivity index (χ3v) is 5.38. The van der Waals surface area contributed by atoms with Crippen LogP contribution in [0.2, 0.25) is 0 Å². The van der Waals surface area contributed by atoms with Crippen molar-refractivity contribution < 1.29 is 9.59 Å². The van der Waals surface area contributed by atoms with Gasteiger partial charge in [0.1, 0.15) is 6.29 Å². The first kappa shape index (κ1) is 18.7. The number of carbonyl (C=O) groups excluding carboxylic acids is 2. The number of nitrogens with zero attached hydrogens (tertiary/aromatic N) is 1. The molecule has 3 atom stereocenters. The highest BCUT2D eigenvalue weighted by Gasteiger charge is 2.33. The summed E-state index contributed by atoms with van der Waals surface area (Å²) in [6, 6.07) is 10.4. The Morgan fingerprint density at radius 2 is 1.92 bits per heavy atom. The van der Waals surface area contributed by atoms with Crippen molar-refractivity contribution in [1.29, 1.82) is 0 Å². The maximum absolute atomic E-state index is 12.9. The second kappa shape index (κ2) is 9.00. The molecule has 1 aromatic rings. The first-order valence-corrected chi connectivity index (χ1v) is 9.35. The van der Waals surface area contributed by atoms with Gasteiger partial charge in [0.05, 0.1) is 6.04 Å². The molecule has 0 bridgehead atoms. The van der Waals surface area contributed by atoms with Crippen LogP contribution in [-0.4, -0.2) is 29.7 Å². The van der Waals surface area contributed by atoms with E-state index in [4.69, 9.17) is 0 Å². The highest BCUT2D eigenvalue weighted by Crippen LogP contribution is 2.28. The SMILES string of the molecule is CC(CCCC(C(=O)N1CCC[C@H]1C=O)C(C)C)c1ccccc1. The van der Waals surface area contributed by atoms with Gasteiger partial charge in [0, 0.05) is 12.5 Å². The molecule has 1 aromatic carbocycles. The van der Waals surface area contributed by atoms with Gasteiger partial charge in [-0.05, 0) is 43.1 Å². The number of hydrogen-bond donors (Lipinski definition) is 0. The quantitative estimate of drug-likeness (QED) is 0.662. The van der Waals surface area contributed by atoms with Crippen LogP contribution >= 0.6 is 0 Å². The van der Waals surface area contributed by atoms with E-state index in [0.29, 0.717) is 11.8 Å². The lowest BCUT2D eigenvalue weighted by Gasteiger charge is -2.28. The van der Waals surface area contributed by atoms with Crippen LogP contribution in [0.1, 0.15) is 64.4 Å². The average Bonchev–Trinajstić information content (AvgIpc) is 3.07. The Hall–Kier alpha value is -1.64. The lowest BCUT2D eigenvalue weighted by Crippen LogP contribution is -2.42. The van der Waals surface area contributed by atoms with Gasteiger partial charge in [0.25, 0.3) is 0 Å². The number of carbonyl (C=O) groups is 2. The second-order valence-corrected chi connectivity index (χ2v) is 7.47. The van der Waals surface area contributed by atoms with Gasteiger partial charge < -0.3 is 9.69 Å². The van der Waals surface area contributed by atoms with E-state index >= 15 is 0 Å². The van der Waals surface area contributed by atoms with Crippen LogP contribution in [0.3, 0.4) is 0 Å². The molecule has 0 aromatic heterocycles. The van der Waals surface area contributed by atoms with Gasteiger partial charge in [0.15, 0.2) is 0 Å². The first-order chi connectivity index (χ1) is 11.5. The zero-order valence-corrected chi connectivity index (χ0v) is 15.3. The van der Waals surface area contributed by atoms with Crippen LogP contribution in [0.15, 0.2) is 30.3 Å². The largest absolute Gasteiger partial charge is 0.333 e. The Morgan fingerprint density at radius 3 is 2.54 bits per heavy atom. The molecule has 3 nitrogen and oxygen atoms in total. The van der Waals surface area contributed by atoms with Gasteiger partial charge >= 0.3 is 0 Å². The fraction of sp³-hybridized carbons (Fsp3) is 0.619. The molecular weight excluding hydrogens is 298 g/mol. The zero-order chi connectivity index (χ0) is 17.5. The van der Waals surface area contributed by atoms with Crippen molar-refractivity contribution in [1.82, 2.24) is 4.90 Å². The summed E-state index contributed by atoms with van der Waals surface area (Å²) in [6.45, 7) is 7.24. The lowest BCUT2D eigenvalue weighted by molar-refractivity contribution is -0.140. The molecule has 1 heterocycles. The van der Waals surface area contributed by atoms with Crippen molar-refractivity contribution in [2.75, 3.05) is 6.54 Å². The molecule has 1 fully saturated rings. The van der Waals surface area contributed by atoms with E-state index in [1.165, 1.54) is 5.56 Å². The minimum absolute atomic E-state index is 0.0357. The molecular formula is C21H31NO2. The highest BCUT2D eigenvalue weighted by atomic mass is 16.2. The summed E-state index contributed by atoms with van der Waals surface area (Å²) in [4.78, 5) is 25.9. The molecule has 0 spiro atoms. The maximum atomic E-state index is 12.9. The Morgan fingerprint density at radius 1 is 1.21 bits per heavy atom. The number of amides is 1. The zero-order valence-electron chi connectivity index (χ0n) is 15.3. The minimum Gasteiger partial charge on any atom is -0.333 e. The van der Waals surface area contributed by atoms with E-state index in [-0.39, 0.29) is 17.9 Å². The number of rotatable bonds is 8. The molecule has 2 rings (SSSR count). The van der Waals surface area contributed by atoms with Gasteiger partial charge in [-0.2, -0.15) is 0 Å². The lowest BCUT2D eigenvalue weighted by atomic mass is 9.86. The third kappa shape index (κ3) is 4.68. The smallest absolute Gasteiger partial charge is 0.226 e. The number of benzene rings is 1. The van der Waals surface area contributed by atoms with E-state index in [2.05, 4.69) is 45.0 Å². The number of hydrogen-bond acceptors (Lipinski definition) is 2. The first-order valence-electron chi connectivity index (χ1n) is 9.35. The van der Waals surface area contributed by atoms with Crippen LogP contribution in [0.25, 0.3) is 0 Å². The van der Waals surface area contributed by atoms with E-state index in [0.717, 1.165) is 44.9 Å². The monoisotopic (exact) mass is 329 g/mol. The topological polar surface area (TPSA) is 37.4 Å². The van der Waals surface area contributed by atoms with Crippen LogP contribution < -0.4 is 0 Å². The Kier molecular flexibility index (Phi) is 7.01. The molecule has 1 amide bonds. The van der Waals surface area contributed by atoms with Crippen molar-refractivity contribution in [3.8, 4) is 0 Å². The predicted octanol–water partition coefficient (Wildman–Crippen LogP) is 4.42. The van der Waals surface area contributed by atoms with Crippen molar-refractivity contribution in [3.05, 3.63) is 35.9 Å². The Bertz CT molecular complexity index is 526. The van der Waals surface area contributed by atoms with Crippen molar-refractivity contribution in [3.63, 3.8) is 0 Å². The highest BCUT2D eigenvalue weighted by molar-refractivity contribution is 5.82. The van der Waals surface area contributed by atoms with Crippen LogP contribution in [0.4, 0.5) is 0 Å².